The first kappa shape index (κ1) is 20.0. The molecule has 30 heavy (non-hydrogen) atoms. The Kier molecular flexibility index (Phi) is 3.78. The van der Waals surface area contributed by atoms with Gasteiger partial charge in [0.25, 0.3) is 0 Å². The van der Waals surface area contributed by atoms with Crippen LogP contribution in [0.25, 0.3) is 0 Å². The first-order valence-electron chi connectivity index (χ1n) is 11.4. The number of hydrogen-bond donors (Lipinski definition) is 0. The molecule has 0 amide bonds. The molecule has 6 rings (SSSR count). The van der Waals surface area contributed by atoms with Crippen molar-refractivity contribution in [2.24, 2.45) is 34.0 Å². The predicted molar refractivity (Wildman–Crippen MR) is 117 cm³/mol. The summed E-state index contributed by atoms with van der Waals surface area (Å²) in [5, 5.41) is 0. The van der Waals surface area contributed by atoms with Crippen LogP contribution in [0.15, 0.2) is 41.7 Å². The zero-order valence-corrected chi connectivity index (χ0v) is 19.3. The fourth-order valence-corrected chi connectivity index (χ4v) is 7.51. The van der Waals surface area contributed by atoms with Crippen LogP contribution in [0.3, 0.4) is 0 Å². The summed E-state index contributed by atoms with van der Waals surface area (Å²) in [5.41, 5.74) is -0.0228. The van der Waals surface area contributed by atoms with Gasteiger partial charge < -0.3 is 4.74 Å². The molecule has 0 spiro atoms. The molecule has 1 aromatic rings. The van der Waals surface area contributed by atoms with E-state index in [2.05, 4.69) is 45.0 Å². The summed E-state index contributed by atoms with van der Waals surface area (Å²) >= 11 is 0. The van der Waals surface area contributed by atoms with Crippen LogP contribution < -0.4 is 0 Å². The average Bonchev–Trinajstić information content (AvgIpc) is 2.69. The molecule has 0 saturated heterocycles. The molecule has 0 radical (unpaired) electrons. The van der Waals surface area contributed by atoms with Gasteiger partial charge in [0.1, 0.15) is 11.4 Å². The van der Waals surface area contributed by atoms with Crippen molar-refractivity contribution in [3.8, 4) is 0 Å². The molecule has 3 nitrogen and oxygen atoms in total. The highest BCUT2D eigenvalue weighted by Crippen LogP contribution is 2.71. The number of rotatable bonds is 1. The van der Waals surface area contributed by atoms with Gasteiger partial charge in [-0.3, -0.25) is 9.59 Å². The van der Waals surface area contributed by atoms with Gasteiger partial charge in [-0.25, -0.2) is 0 Å². The van der Waals surface area contributed by atoms with Crippen molar-refractivity contribution >= 4 is 11.6 Å². The molecule has 5 aliphatic rings. The number of hydrogen-bond acceptors (Lipinski definition) is 3. The van der Waals surface area contributed by atoms with E-state index in [0.29, 0.717) is 17.6 Å². The van der Waals surface area contributed by atoms with Crippen LogP contribution in [0, 0.1) is 34.0 Å². The minimum absolute atomic E-state index is 0.0134. The summed E-state index contributed by atoms with van der Waals surface area (Å²) in [6.07, 6.45) is 2.25. The fourth-order valence-electron chi connectivity index (χ4n) is 7.51. The summed E-state index contributed by atoms with van der Waals surface area (Å²) in [7, 11) is 0. The van der Waals surface area contributed by atoms with E-state index in [4.69, 9.17) is 4.74 Å². The summed E-state index contributed by atoms with van der Waals surface area (Å²) in [6, 6.07) is 10.4. The molecule has 0 aromatic heterocycles. The highest BCUT2D eigenvalue weighted by Gasteiger charge is 2.70. The Hall–Kier alpha value is -1.90. The third-order valence-electron chi connectivity index (χ3n) is 9.39. The van der Waals surface area contributed by atoms with E-state index in [9.17, 15) is 9.59 Å². The first-order valence-corrected chi connectivity index (χ1v) is 11.4. The Bertz CT molecular complexity index is 981. The van der Waals surface area contributed by atoms with Gasteiger partial charge >= 0.3 is 0 Å². The van der Waals surface area contributed by atoms with Crippen LogP contribution in [0.1, 0.15) is 72.8 Å². The Morgan fingerprint density at radius 3 is 2.10 bits per heavy atom. The molecule has 3 fully saturated rings. The molecule has 1 heterocycles. The quantitative estimate of drug-likeness (QED) is 0.562. The van der Waals surface area contributed by atoms with E-state index in [1.165, 1.54) is 12.0 Å². The fraction of sp³-hybridized carbons (Fsp3) is 0.630. The number of allylic oxidation sites excluding steroid dienone is 2. The van der Waals surface area contributed by atoms with E-state index in [1.807, 2.05) is 19.9 Å². The standard InChI is InChI=1S/C27H34O3/c1-24(2)16-13-17-19(15-11-9-8-10-12-15)20-21(28)25(3,4)23(29)26(5,6)22(20)30-27(17,7)18(24)14-16/h8-12,16-19H,13-14H2,1-7H3/t16-,17-,18+,19-,27+/m1/s1. The van der Waals surface area contributed by atoms with Gasteiger partial charge in [-0.1, -0.05) is 44.2 Å². The largest absolute Gasteiger partial charge is 0.490 e. The third-order valence-corrected chi connectivity index (χ3v) is 9.39. The molecular weight excluding hydrogens is 372 g/mol. The van der Waals surface area contributed by atoms with Crippen LogP contribution in [0.4, 0.5) is 0 Å². The summed E-state index contributed by atoms with van der Waals surface area (Å²) in [4.78, 5) is 27.2. The number of carbonyl (C=O) groups excluding carboxylic acids is 2. The van der Waals surface area contributed by atoms with Gasteiger partial charge in [-0.2, -0.15) is 0 Å². The van der Waals surface area contributed by atoms with Gasteiger partial charge in [-0.15, -0.1) is 0 Å². The van der Waals surface area contributed by atoms with Gasteiger partial charge in [0.05, 0.1) is 10.8 Å². The van der Waals surface area contributed by atoms with Crippen LogP contribution in [0.2, 0.25) is 0 Å². The number of benzene rings is 1. The highest BCUT2D eigenvalue weighted by molar-refractivity contribution is 6.19. The van der Waals surface area contributed by atoms with E-state index in [-0.39, 0.29) is 34.4 Å². The second kappa shape index (κ2) is 5.66. The van der Waals surface area contributed by atoms with Crippen molar-refractivity contribution in [1.82, 2.24) is 0 Å². The molecule has 3 heteroatoms. The minimum atomic E-state index is -1.02. The van der Waals surface area contributed by atoms with Gasteiger partial charge in [0.2, 0.25) is 0 Å². The molecule has 1 aliphatic heterocycles. The first-order chi connectivity index (χ1) is 13.8. The lowest BCUT2D eigenvalue weighted by Crippen LogP contribution is -2.69. The minimum Gasteiger partial charge on any atom is -0.490 e. The van der Waals surface area contributed by atoms with Crippen molar-refractivity contribution in [3.63, 3.8) is 0 Å². The molecular formula is C27H34O3. The Labute approximate surface area is 180 Å². The highest BCUT2D eigenvalue weighted by atomic mass is 16.5. The monoisotopic (exact) mass is 406 g/mol. The van der Waals surface area contributed by atoms with Crippen LogP contribution in [0.5, 0.6) is 0 Å². The lowest BCUT2D eigenvalue weighted by molar-refractivity contribution is -0.249. The second-order valence-electron chi connectivity index (χ2n) is 12.0. The normalized spacial score (nSPS) is 40.1. The van der Waals surface area contributed by atoms with Crippen LogP contribution >= 0.6 is 0 Å². The smallest absolute Gasteiger partial charge is 0.175 e. The maximum Gasteiger partial charge on any atom is 0.175 e. The van der Waals surface area contributed by atoms with Crippen molar-refractivity contribution in [2.45, 2.75) is 72.8 Å². The summed E-state index contributed by atoms with van der Waals surface area (Å²) in [6.45, 7) is 14.5. The maximum atomic E-state index is 13.8. The molecule has 0 N–H and O–H groups in total. The number of Topliss-reactive ketones (excluding diaryl/α,β-unsaturated/α-hetero) is 2. The maximum absolute atomic E-state index is 13.8. The molecule has 2 bridgehead atoms. The van der Waals surface area contributed by atoms with E-state index in [0.717, 1.165) is 12.0 Å². The van der Waals surface area contributed by atoms with Crippen molar-refractivity contribution < 1.29 is 14.3 Å². The van der Waals surface area contributed by atoms with Crippen LogP contribution in [-0.2, 0) is 14.3 Å². The third kappa shape index (κ3) is 2.17. The molecule has 1 aromatic carbocycles. The zero-order valence-electron chi connectivity index (χ0n) is 19.3. The molecule has 0 unspecified atom stereocenters. The Balaban J connectivity index is 1.78. The predicted octanol–water partition coefficient (Wildman–Crippen LogP) is 5.70. The van der Waals surface area contributed by atoms with Gasteiger partial charge in [-0.05, 0) is 64.4 Å². The molecule has 5 atom stereocenters. The number of ketones is 2. The lowest BCUT2D eigenvalue weighted by atomic mass is 9.39. The summed E-state index contributed by atoms with van der Waals surface area (Å²) in [5.74, 6) is 1.90. The zero-order chi connectivity index (χ0) is 21.9. The van der Waals surface area contributed by atoms with Crippen molar-refractivity contribution in [3.05, 3.63) is 47.2 Å². The molecule has 160 valence electrons. The SMILES string of the molecule is CC1(C)C(=O)C2=C(O[C@@]3(C)[C@H](C[C@@H]4C[C@H]3C4(C)C)[C@H]2c2ccccc2)C(C)(C)C1=O. The van der Waals surface area contributed by atoms with Crippen molar-refractivity contribution in [2.75, 3.05) is 0 Å². The average molecular weight is 407 g/mol. The van der Waals surface area contributed by atoms with Gasteiger partial charge in [0.15, 0.2) is 11.6 Å². The topological polar surface area (TPSA) is 43.4 Å². The van der Waals surface area contributed by atoms with E-state index < -0.39 is 10.8 Å². The summed E-state index contributed by atoms with van der Waals surface area (Å²) < 4.78 is 6.91. The number of carbonyl (C=O) groups is 2. The van der Waals surface area contributed by atoms with E-state index in [1.54, 1.807) is 13.8 Å². The lowest BCUT2D eigenvalue weighted by Gasteiger charge is -2.69. The molecule has 3 saturated carbocycles. The van der Waals surface area contributed by atoms with Crippen LogP contribution in [-0.4, -0.2) is 17.2 Å². The van der Waals surface area contributed by atoms with E-state index >= 15 is 0 Å². The number of ether oxygens (including phenoxy) is 1. The van der Waals surface area contributed by atoms with Gasteiger partial charge in [0, 0.05) is 23.3 Å². The van der Waals surface area contributed by atoms with Crippen molar-refractivity contribution in [1.29, 1.82) is 0 Å². The Morgan fingerprint density at radius 2 is 1.50 bits per heavy atom. The Morgan fingerprint density at radius 1 is 0.867 bits per heavy atom. The second-order valence-corrected chi connectivity index (χ2v) is 12.0. The molecule has 4 aliphatic carbocycles.